The van der Waals surface area contributed by atoms with Gasteiger partial charge in [-0.2, -0.15) is 0 Å². The molecule has 0 aromatic carbocycles. The Morgan fingerprint density at radius 2 is 2.33 bits per heavy atom. The van der Waals surface area contributed by atoms with Gasteiger partial charge in [-0.15, -0.1) is 11.3 Å². The van der Waals surface area contributed by atoms with E-state index in [4.69, 9.17) is 0 Å². The topological polar surface area (TPSA) is 67.2 Å². The van der Waals surface area contributed by atoms with Gasteiger partial charge in [0.15, 0.2) is 5.82 Å². The second-order valence-corrected chi connectivity index (χ2v) is 7.18. The Balaban J connectivity index is 1.66. The Labute approximate surface area is 145 Å². The van der Waals surface area contributed by atoms with Crippen molar-refractivity contribution in [3.05, 3.63) is 45.1 Å². The third-order valence-corrected chi connectivity index (χ3v) is 5.48. The Hall–Kier alpha value is -2.15. The molecule has 6 nitrogen and oxygen atoms in total. The maximum Gasteiger partial charge on any atom is 0.293 e. The lowest BCUT2D eigenvalue weighted by Gasteiger charge is -2.34. The predicted octanol–water partition coefficient (Wildman–Crippen LogP) is 1.73. The van der Waals surface area contributed by atoms with E-state index < -0.39 is 0 Å². The van der Waals surface area contributed by atoms with Crippen molar-refractivity contribution in [1.29, 1.82) is 0 Å². The third kappa shape index (κ3) is 3.51. The van der Waals surface area contributed by atoms with Gasteiger partial charge in [-0.25, -0.2) is 4.98 Å². The van der Waals surface area contributed by atoms with Crippen molar-refractivity contribution in [1.82, 2.24) is 14.9 Å². The number of carbonyl (C=O) groups is 1. The normalized spacial score (nSPS) is 19.1. The van der Waals surface area contributed by atoms with Crippen LogP contribution in [-0.2, 0) is 11.8 Å². The van der Waals surface area contributed by atoms with Crippen LogP contribution in [0.15, 0.2) is 34.7 Å². The zero-order valence-corrected chi connectivity index (χ0v) is 14.8. The fourth-order valence-electron chi connectivity index (χ4n) is 2.98. The smallest absolute Gasteiger partial charge is 0.293 e. The number of anilines is 1. The Kier molecular flexibility index (Phi) is 4.99. The first-order valence-corrected chi connectivity index (χ1v) is 9.04. The molecule has 0 aliphatic carbocycles. The molecule has 0 saturated carbocycles. The van der Waals surface area contributed by atoms with Gasteiger partial charge >= 0.3 is 0 Å². The molecule has 1 amide bonds. The summed E-state index contributed by atoms with van der Waals surface area (Å²) in [5.74, 6) is 0.353. The van der Waals surface area contributed by atoms with Crippen molar-refractivity contribution in [3.8, 4) is 0 Å². The number of amides is 1. The standard InChI is InChI=1S/C17H22N4O2S/c1-12(14-6-4-10-24-14)16(22)19-13-5-3-8-21(11-13)15-17(23)20(2)9-7-18-15/h4,6-7,9-10,12-13H,3,5,8,11H2,1-2H3,(H,19,22)/t12-,13-/m1/s1. The van der Waals surface area contributed by atoms with Crippen LogP contribution in [0, 0.1) is 0 Å². The Bertz CT molecular complexity index is 756. The molecule has 1 fully saturated rings. The van der Waals surface area contributed by atoms with Crippen molar-refractivity contribution in [2.45, 2.75) is 31.7 Å². The quantitative estimate of drug-likeness (QED) is 0.915. The van der Waals surface area contributed by atoms with Crippen LogP contribution in [0.25, 0.3) is 0 Å². The van der Waals surface area contributed by atoms with Gasteiger partial charge in [0.25, 0.3) is 5.56 Å². The zero-order valence-electron chi connectivity index (χ0n) is 13.9. The van der Waals surface area contributed by atoms with E-state index >= 15 is 0 Å². The van der Waals surface area contributed by atoms with Gasteiger partial charge in [-0.1, -0.05) is 6.07 Å². The van der Waals surface area contributed by atoms with Gasteiger partial charge in [0.1, 0.15) is 0 Å². The maximum absolute atomic E-state index is 12.5. The molecule has 0 bridgehead atoms. The highest BCUT2D eigenvalue weighted by Crippen LogP contribution is 2.22. The van der Waals surface area contributed by atoms with E-state index in [1.807, 2.05) is 29.3 Å². The first kappa shape index (κ1) is 16.7. The number of aromatic nitrogens is 2. The molecule has 128 valence electrons. The summed E-state index contributed by atoms with van der Waals surface area (Å²) in [6.07, 6.45) is 5.14. The number of thiophene rings is 1. The van der Waals surface area contributed by atoms with E-state index in [1.165, 1.54) is 4.57 Å². The molecule has 24 heavy (non-hydrogen) atoms. The minimum atomic E-state index is -0.150. The molecule has 3 heterocycles. The number of piperidine rings is 1. The average molecular weight is 346 g/mol. The molecule has 0 unspecified atom stereocenters. The van der Waals surface area contributed by atoms with Crippen molar-refractivity contribution in [2.75, 3.05) is 18.0 Å². The van der Waals surface area contributed by atoms with E-state index in [9.17, 15) is 9.59 Å². The Morgan fingerprint density at radius 1 is 1.50 bits per heavy atom. The first-order valence-electron chi connectivity index (χ1n) is 8.16. The highest BCUT2D eigenvalue weighted by atomic mass is 32.1. The first-order chi connectivity index (χ1) is 11.6. The van der Waals surface area contributed by atoms with Crippen LogP contribution in [0.5, 0.6) is 0 Å². The van der Waals surface area contributed by atoms with E-state index in [2.05, 4.69) is 10.3 Å². The average Bonchev–Trinajstić information content (AvgIpc) is 3.11. The van der Waals surface area contributed by atoms with Crippen LogP contribution < -0.4 is 15.8 Å². The van der Waals surface area contributed by atoms with Gasteiger partial charge in [0, 0.05) is 43.4 Å². The highest BCUT2D eigenvalue weighted by molar-refractivity contribution is 7.10. The van der Waals surface area contributed by atoms with Crippen LogP contribution in [0.2, 0.25) is 0 Å². The number of hydrogen-bond donors (Lipinski definition) is 1. The van der Waals surface area contributed by atoms with Gasteiger partial charge < -0.3 is 14.8 Å². The minimum absolute atomic E-state index is 0.0400. The molecule has 3 rings (SSSR count). The third-order valence-electron chi connectivity index (χ3n) is 4.43. The van der Waals surface area contributed by atoms with E-state index in [0.717, 1.165) is 24.3 Å². The molecule has 2 aromatic heterocycles. The number of rotatable bonds is 4. The Morgan fingerprint density at radius 3 is 3.08 bits per heavy atom. The van der Waals surface area contributed by atoms with Crippen molar-refractivity contribution < 1.29 is 4.79 Å². The monoisotopic (exact) mass is 346 g/mol. The summed E-state index contributed by atoms with van der Waals surface area (Å²) >= 11 is 1.60. The molecular formula is C17H22N4O2S. The van der Waals surface area contributed by atoms with E-state index in [1.54, 1.807) is 30.8 Å². The van der Waals surface area contributed by atoms with Crippen LogP contribution in [0.3, 0.4) is 0 Å². The molecule has 1 N–H and O–H groups in total. The van der Waals surface area contributed by atoms with Crippen LogP contribution in [0.4, 0.5) is 5.82 Å². The van der Waals surface area contributed by atoms with Crippen LogP contribution in [0.1, 0.15) is 30.6 Å². The fraction of sp³-hybridized carbons (Fsp3) is 0.471. The lowest BCUT2D eigenvalue weighted by molar-refractivity contribution is -0.122. The van der Waals surface area contributed by atoms with Crippen molar-refractivity contribution in [3.63, 3.8) is 0 Å². The summed E-state index contributed by atoms with van der Waals surface area (Å²) in [6, 6.07) is 3.99. The van der Waals surface area contributed by atoms with Gasteiger partial charge in [0.2, 0.25) is 5.91 Å². The maximum atomic E-state index is 12.5. The molecule has 0 spiro atoms. The number of hydrogen-bond acceptors (Lipinski definition) is 5. The van der Waals surface area contributed by atoms with Crippen molar-refractivity contribution >= 4 is 23.1 Å². The SMILES string of the molecule is C[C@@H](C(=O)N[C@@H]1CCCN(c2nccn(C)c2=O)C1)c1cccs1. The van der Waals surface area contributed by atoms with Gasteiger partial charge in [-0.05, 0) is 31.2 Å². The molecule has 7 heteroatoms. The summed E-state index contributed by atoms with van der Waals surface area (Å²) < 4.78 is 1.53. The summed E-state index contributed by atoms with van der Waals surface area (Å²) in [7, 11) is 1.72. The predicted molar refractivity (Wildman–Crippen MR) is 95.6 cm³/mol. The molecule has 2 aromatic rings. The zero-order chi connectivity index (χ0) is 17.1. The lowest BCUT2D eigenvalue weighted by Crippen LogP contribution is -2.50. The highest BCUT2D eigenvalue weighted by Gasteiger charge is 2.26. The van der Waals surface area contributed by atoms with E-state index in [-0.39, 0.29) is 23.4 Å². The van der Waals surface area contributed by atoms with Crippen LogP contribution >= 0.6 is 11.3 Å². The second kappa shape index (κ2) is 7.17. The van der Waals surface area contributed by atoms with Crippen molar-refractivity contribution in [2.24, 2.45) is 7.05 Å². The second-order valence-electron chi connectivity index (χ2n) is 6.20. The summed E-state index contributed by atoms with van der Waals surface area (Å²) in [6.45, 7) is 3.34. The summed E-state index contributed by atoms with van der Waals surface area (Å²) in [5, 5.41) is 5.11. The van der Waals surface area contributed by atoms with Gasteiger partial charge in [0.05, 0.1) is 5.92 Å². The molecule has 2 atom stereocenters. The summed E-state index contributed by atoms with van der Waals surface area (Å²) in [4.78, 5) is 32.0. The number of nitrogens with zero attached hydrogens (tertiary/aromatic N) is 3. The lowest BCUT2D eigenvalue weighted by atomic mass is 10.0. The molecule has 1 saturated heterocycles. The number of carbonyl (C=O) groups excluding carboxylic acids is 1. The summed E-state index contributed by atoms with van der Waals surface area (Å²) in [5.41, 5.74) is -0.101. The van der Waals surface area contributed by atoms with Crippen LogP contribution in [-0.4, -0.2) is 34.6 Å². The fourth-order valence-corrected chi connectivity index (χ4v) is 3.76. The van der Waals surface area contributed by atoms with Gasteiger partial charge in [-0.3, -0.25) is 9.59 Å². The largest absolute Gasteiger partial charge is 0.351 e. The number of nitrogens with one attached hydrogen (secondary N) is 1. The molecule has 1 aliphatic rings. The minimum Gasteiger partial charge on any atom is -0.351 e. The molecular weight excluding hydrogens is 324 g/mol. The molecule has 0 radical (unpaired) electrons. The molecule has 1 aliphatic heterocycles. The van der Waals surface area contributed by atoms with E-state index in [0.29, 0.717) is 12.4 Å². The number of aryl methyl sites for hydroxylation is 1.